The molecule has 0 saturated heterocycles. The van der Waals surface area contributed by atoms with Gasteiger partial charge in [0.25, 0.3) is 0 Å². The number of rotatable bonds is 2. The molecule has 0 spiro atoms. The summed E-state index contributed by atoms with van der Waals surface area (Å²) in [4.78, 5) is 4.55. The standard InChI is InChI=1S/C14H14N4O/c1-9-7-10(15)8-18-14(9)16-13(17-18)11-5-3-4-6-12(11)19-2/h3-8H,15H2,1-2H3. The maximum Gasteiger partial charge on any atom is 0.185 e. The van der Waals surface area contributed by atoms with Gasteiger partial charge >= 0.3 is 0 Å². The van der Waals surface area contributed by atoms with Crippen LogP contribution in [0.5, 0.6) is 5.75 Å². The Morgan fingerprint density at radius 2 is 2.05 bits per heavy atom. The summed E-state index contributed by atoms with van der Waals surface area (Å²) < 4.78 is 7.04. The molecule has 96 valence electrons. The van der Waals surface area contributed by atoms with Gasteiger partial charge in [-0.3, -0.25) is 0 Å². The smallest absolute Gasteiger partial charge is 0.185 e. The number of fused-ring (bicyclic) bond motifs is 1. The molecule has 0 unspecified atom stereocenters. The number of hydrogen-bond acceptors (Lipinski definition) is 4. The van der Waals surface area contributed by atoms with Crippen molar-refractivity contribution in [3.05, 3.63) is 42.1 Å². The summed E-state index contributed by atoms with van der Waals surface area (Å²) in [6.45, 7) is 1.96. The van der Waals surface area contributed by atoms with Crippen LogP contribution in [0.25, 0.3) is 17.0 Å². The predicted molar refractivity (Wildman–Crippen MR) is 74.1 cm³/mol. The van der Waals surface area contributed by atoms with Crippen molar-refractivity contribution in [3.63, 3.8) is 0 Å². The first-order valence-electron chi connectivity index (χ1n) is 5.95. The molecule has 5 nitrogen and oxygen atoms in total. The van der Waals surface area contributed by atoms with E-state index in [-0.39, 0.29) is 0 Å². The molecule has 19 heavy (non-hydrogen) atoms. The van der Waals surface area contributed by atoms with Crippen molar-refractivity contribution in [1.82, 2.24) is 14.6 Å². The van der Waals surface area contributed by atoms with Gasteiger partial charge in [0.05, 0.1) is 24.6 Å². The van der Waals surface area contributed by atoms with Gasteiger partial charge in [0.1, 0.15) is 5.75 Å². The summed E-state index contributed by atoms with van der Waals surface area (Å²) in [6, 6.07) is 9.57. The Morgan fingerprint density at radius 3 is 2.84 bits per heavy atom. The van der Waals surface area contributed by atoms with E-state index in [1.807, 2.05) is 37.3 Å². The van der Waals surface area contributed by atoms with Crippen LogP contribution in [0.15, 0.2) is 36.5 Å². The Morgan fingerprint density at radius 1 is 1.26 bits per heavy atom. The zero-order valence-corrected chi connectivity index (χ0v) is 10.8. The Hall–Kier alpha value is -2.56. The van der Waals surface area contributed by atoms with E-state index in [0.717, 1.165) is 22.5 Å². The molecule has 1 aromatic carbocycles. The number of pyridine rings is 1. The van der Waals surface area contributed by atoms with E-state index >= 15 is 0 Å². The Bertz CT molecular complexity index is 748. The molecule has 0 aliphatic carbocycles. The fourth-order valence-electron chi connectivity index (χ4n) is 2.12. The van der Waals surface area contributed by atoms with Gasteiger partial charge in [-0.05, 0) is 30.7 Å². The minimum atomic E-state index is 0.631. The zero-order valence-electron chi connectivity index (χ0n) is 10.8. The molecule has 3 rings (SSSR count). The molecule has 0 saturated carbocycles. The van der Waals surface area contributed by atoms with Gasteiger partial charge in [0.2, 0.25) is 0 Å². The second-order valence-corrected chi connectivity index (χ2v) is 4.36. The van der Waals surface area contributed by atoms with Crippen LogP contribution in [0, 0.1) is 6.92 Å². The van der Waals surface area contributed by atoms with Crippen molar-refractivity contribution in [2.75, 3.05) is 12.8 Å². The van der Waals surface area contributed by atoms with E-state index in [0.29, 0.717) is 11.5 Å². The van der Waals surface area contributed by atoms with Crippen LogP contribution in [0.2, 0.25) is 0 Å². The molecule has 2 heterocycles. The number of anilines is 1. The molecule has 0 amide bonds. The van der Waals surface area contributed by atoms with Crippen LogP contribution in [0.3, 0.4) is 0 Å². The van der Waals surface area contributed by atoms with Crippen molar-refractivity contribution in [1.29, 1.82) is 0 Å². The molecule has 0 radical (unpaired) electrons. The van der Waals surface area contributed by atoms with Crippen LogP contribution >= 0.6 is 0 Å². The van der Waals surface area contributed by atoms with E-state index in [1.165, 1.54) is 0 Å². The highest BCUT2D eigenvalue weighted by atomic mass is 16.5. The number of methoxy groups -OCH3 is 1. The third kappa shape index (κ3) is 1.89. The number of ether oxygens (including phenoxy) is 1. The van der Waals surface area contributed by atoms with Crippen LogP contribution in [-0.2, 0) is 0 Å². The zero-order chi connectivity index (χ0) is 13.4. The first kappa shape index (κ1) is 11.5. The Labute approximate surface area is 110 Å². The molecule has 5 heteroatoms. The van der Waals surface area contributed by atoms with Gasteiger partial charge in [0.15, 0.2) is 11.5 Å². The largest absolute Gasteiger partial charge is 0.496 e. The number of aryl methyl sites for hydroxylation is 1. The lowest BCUT2D eigenvalue weighted by Crippen LogP contribution is -1.94. The summed E-state index contributed by atoms with van der Waals surface area (Å²) in [5, 5.41) is 4.46. The summed E-state index contributed by atoms with van der Waals surface area (Å²) >= 11 is 0. The van der Waals surface area contributed by atoms with Crippen LogP contribution in [0.4, 0.5) is 5.69 Å². The number of benzene rings is 1. The number of nitrogens with two attached hydrogens (primary N) is 1. The normalized spacial score (nSPS) is 10.8. The van der Waals surface area contributed by atoms with Crippen LogP contribution in [0.1, 0.15) is 5.56 Å². The third-order valence-electron chi connectivity index (χ3n) is 2.99. The molecule has 0 aliphatic heterocycles. The highest BCUT2D eigenvalue weighted by molar-refractivity contribution is 5.67. The third-order valence-corrected chi connectivity index (χ3v) is 2.99. The Balaban J connectivity index is 2.23. The number of hydrogen-bond donors (Lipinski definition) is 1. The number of nitrogens with zero attached hydrogens (tertiary/aromatic N) is 3. The molecule has 3 aromatic rings. The number of para-hydroxylation sites is 1. The first-order valence-corrected chi connectivity index (χ1v) is 5.95. The van der Waals surface area contributed by atoms with Gasteiger partial charge < -0.3 is 10.5 Å². The number of aromatic nitrogens is 3. The predicted octanol–water partition coefficient (Wildman–Crippen LogP) is 2.30. The van der Waals surface area contributed by atoms with Crippen molar-refractivity contribution < 1.29 is 4.74 Å². The van der Waals surface area contributed by atoms with Gasteiger partial charge in [-0.25, -0.2) is 9.50 Å². The van der Waals surface area contributed by atoms with E-state index in [2.05, 4.69) is 10.1 Å². The summed E-state index contributed by atoms with van der Waals surface area (Å²) in [7, 11) is 1.64. The summed E-state index contributed by atoms with van der Waals surface area (Å²) in [5.41, 5.74) is 9.15. The quantitative estimate of drug-likeness (QED) is 0.762. The van der Waals surface area contributed by atoms with Crippen molar-refractivity contribution in [2.45, 2.75) is 6.92 Å². The van der Waals surface area contributed by atoms with E-state index in [1.54, 1.807) is 17.8 Å². The summed E-state index contributed by atoms with van der Waals surface area (Å²) in [5.74, 6) is 1.38. The first-order chi connectivity index (χ1) is 9.19. The molecule has 0 aliphatic rings. The highest BCUT2D eigenvalue weighted by Gasteiger charge is 2.12. The molecular weight excluding hydrogens is 240 g/mol. The molecule has 2 aromatic heterocycles. The second kappa shape index (κ2) is 4.28. The van der Waals surface area contributed by atoms with Gasteiger partial charge in [0, 0.05) is 0 Å². The van der Waals surface area contributed by atoms with Crippen molar-refractivity contribution in [2.24, 2.45) is 0 Å². The van der Waals surface area contributed by atoms with E-state index in [4.69, 9.17) is 10.5 Å². The fraction of sp³-hybridized carbons (Fsp3) is 0.143. The van der Waals surface area contributed by atoms with Gasteiger partial charge in [-0.2, -0.15) is 0 Å². The van der Waals surface area contributed by atoms with Crippen LogP contribution < -0.4 is 10.5 Å². The minimum Gasteiger partial charge on any atom is -0.496 e. The molecule has 0 fully saturated rings. The van der Waals surface area contributed by atoms with Crippen molar-refractivity contribution >= 4 is 11.3 Å². The minimum absolute atomic E-state index is 0.631. The van der Waals surface area contributed by atoms with Gasteiger partial charge in [-0.15, -0.1) is 5.10 Å². The Kier molecular flexibility index (Phi) is 2.59. The van der Waals surface area contributed by atoms with E-state index in [9.17, 15) is 0 Å². The topological polar surface area (TPSA) is 65.4 Å². The lowest BCUT2D eigenvalue weighted by atomic mass is 10.2. The number of nitrogen functional groups attached to an aromatic ring is 1. The SMILES string of the molecule is COc1ccccc1-c1nc2c(C)cc(N)cn2n1. The van der Waals surface area contributed by atoms with E-state index < -0.39 is 0 Å². The van der Waals surface area contributed by atoms with Crippen LogP contribution in [-0.4, -0.2) is 21.7 Å². The monoisotopic (exact) mass is 254 g/mol. The molecule has 0 atom stereocenters. The lowest BCUT2D eigenvalue weighted by molar-refractivity contribution is 0.416. The van der Waals surface area contributed by atoms with Crippen molar-refractivity contribution in [3.8, 4) is 17.1 Å². The average molecular weight is 254 g/mol. The maximum absolute atomic E-state index is 5.82. The van der Waals surface area contributed by atoms with Gasteiger partial charge in [-0.1, -0.05) is 12.1 Å². The second-order valence-electron chi connectivity index (χ2n) is 4.36. The fourth-order valence-corrected chi connectivity index (χ4v) is 2.12. The lowest BCUT2D eigenvalue weighted by Gasteiger charge is -2.03. The molecular formula is C14H14N4O. The highest BCUT2D eigenvalue weighted by Crippen LogP contribution is 2.27. The maximum atomic E-state index is 5.82. The summed E-state index contributed by atoms with van der Waals surface area (Å²) in [6.07, 6.45) is 1.76. The molecule has 2 N–H and O–H groups in total. The average Bonchev–Trinajstić information content (AvgIpc) is 2.82. The molecule has 0 bridgehead atoms.